The van der Waals surface area contributed by atoms with Crippen LogP contribution in [0.1, 0.15) is 18.5 Å². The van der Waals surface area contributed by atoms with Gasteiger partial charge in [-0.1, -0.05) is 12.1 Å². The largest absolute Gasteiger partial charge is 0.480 e. The number of aliphatic carboxylic acids is 1. The van der Waals surface area contributed by atoms with Gasteiger partial charge in [0.1, 0.15) is 11.0 Å². The van der Waals surface area contributed by atoms with E-state index >= 15 is 0 Å². The van der Waals surface area contributed by atoms with Crippen molar-refractivity contribution in [3.05, 3.63) is 35.3 Å². The number of nitrogen functional groups attached to an aromatic ring is 1. The van der Waals surface area contributed by atoms with E-state index in [0.717, 1.165) is 17.0 Å². The Labute approximate surface area is 137 Å². The monoisotopic (exact) mass is 331 g/mol. The van der Waals surface area contributed by atoms with Gasteiger partial charge in [0.2, 0.25) is 5.91 Å². The number of anilines is 1. The van der Waals surface area contributed by atoms with Gasteiger partial charge < -0.3 is 15.7 Å². The summed E-state index contributed by atoms with van der Waals surface area (Å²) in [6.07, 6.45) is 1.36. The number of rotatable bonds is 4. The molecular weight excluding hydrogens is 314 g/mol. The molecule has 0 spiro atoms. The second kappa shape index (κ2) is 6.37. The second-order valence-corrected chi connectivity index (χ2v) is 6.35. The van der Waals surface area contributed by atoms with Crippen LogP contribution >= 0.6 is 11.3 Å². The van der Waals surface area contributed by atoms with Gasteiger partial charge in [0.25, 0.3) is 0 Å². The first kappa shape index (κ1) is 15.5. The topological polar surface area (TPSA) is 96.5 Å². The molecule has 1 atom stereocenters. The lowest BCUT2D eigenvalue weighted by Crippen LogP contribution is -2.41. The van der Waals surface area contributed by atoms with Gasteiger partial charge in [0, 0.05) is 23.2 Å². The summed E-state index contributed by atoms with van der Waals surface area (Å²) >= 11 is 1.43. The molecule has 23 heavy (non-hydrogen) atoms. The van der Waals surface area contributed by atoms with Gasteiger partial charge in [-0.25, -0.2) is 9.78 Å². The fourth-order valence-electron chi connectivity index (χ4n) is 2.78. The molecule has 1 fully saturated rings. The van der Waals surface area contributed by atoms with Crippen molar-refractivity contribution in [2.24, 2.45) is 0 Å². The highest BCUT2D eigenvalue weighted by Crippen LogP contribution is 2.29. The molecule has 7 heteroatoms. The Morgan fingerprint density at radius 2 is 2.17 bits per heavy atom. The molecule has 1 aliphatic heterocycles. The van der Waals surface area contributed by atoms with E-state index in [2.05, 4.69) is 4.98 Å². The highest BCUT2D eigenvalue weighted by atomic mass is 32.1. The summed E-state index contributed by atoms with van der Waals surface area (Å²) in [5.74, 6) is -1.13. The van der Waals surface area contributed by atoms with Crippen molar-refractivity contribution in [3.8, 4) is 10.6 Å². The van der Waals surface area contributed by atoms with E-state index in [1.54, 1.807) is 0 Å². The number of carboxylic acids is 1. The number of nitrogens with zero attached hydrogens (tertiary/aromatic N) is 2. The molecular formula is C16H17N3O3S. The molecule has 1 aromatic heterocycles. The summed E-state index contributed by atoms with van der Waals surface area (Å²) in [6.45, 7) is 0.498. The summed E-state index contributed by atoms with van der Waals surface area (Å²) in [6, 6.07) is 6.74. The van der Waals surface area contributed by atoms with E-state index in [4.69, 9.17) is 10.8 Å². The zero-order chi connectivity index (χ0) is 16.4. The highest BCUT2D eigenvalue weighted by molar-refractivity contribution is 7.13. The van der Waals surface area contributed by atoms with Gasteiger partial charge >= 0.3 is 5.97 Å². The Kier molecular flexibility index (Phi) is 4.29. The average molecular weight is 331 g/mol. The molecule has 1 aromatic carbocycles. The molecule has 0 bridgehead atoms. The third kappa shape index (κ3) is 3.19. The number of carbonyl (C=O) groups is 2. The third-order valence-corrected chi connectivity index (χ3v) is 4.86. The molecule has 1 amide bonds. The first-order chi connectivity index (χ1) is 11.1. The van der Waals surface area contributed by atoms with Crippen LogP contribution in [0.3, 0.4) is 0 Å². The zero-order valence-corrected chi connectivity index (χ0v) is 13.3. The molecule has 1 saturated heterocycles. The molecule has 2 aromatic rings. The summed E-state index contributed by atoms with van der Waals surface area (Å²) in [4.78, 5) is 29.4. The Hall–Kier alpha value is -2.41. The van der Waals surface area contributed by atoms with E-state index in [1.807, 2.05) is 29.6 Å². The van der Waals surface area contributed by atoms with E-state index < -0.39 is 12.0 Å². The van der Waals surface area contributed by atoms with Crippen molar-refractivity contribution >= 4 is 28.9 Å². The number of hydrogen-bond donors (Lipinski definition) is 2. The fraction of sp³-hybridized carbons (Fsp3) is 0.312. The number of carbonyl (C=O) groups excluding carboxylic acids is 1. The molecule has 1 aliphatic rings. The number of nitrogens with two attached hydrogens (primary N) is 1. The molecule has 1 unspecified atom stereocenters. The lowest BCUT2D eigenvalue weighted by atomic mass is 10.2. The minimum Gasteiger partial charge on any atom is -0.480 e. The molecule has 0 aliphatic carbocycles. The maximum Gasteiger partial charge on any atom is 0.326 e. The van der Waals surface area contributed by atoms with Gasteiger partial charge in [-0.15, -0.1) is 11.3 Å². The number of benzene rings is 1. The molecule has 3 rings (SSSR count). The van der Waals surface area contributed by atoms with Crippen molar-refractivity contribution in [2.45, 2.75) is 25.3 Å². The van der Waals surface area contributed by atoms with E-state index in [1.165, 1.54) is 16.2 Å². The summed E-state index contributed by atoms with van der Waals surface area (Å²) in [7, 11) is 0. The van der Waals surface area contributed by atoms with E-state index in [9.17, 15) is 9.59 Å². The maximum atomic E-state index is 12.3. The van der Waals surface area contributed by atoms with Gasteiger partial charge in [-0.3, -0.25) is 4.79 Å². The average Bonchev–Trinajstić information content (AvgIpc) is 3.16. The van der Waals surface area contributed by atoms with Gasteiger partial charge in [-0.2, -0.15) is 0 Å². The van der Waals surface area contributed by atoms with Crippen LogP contribution in [0.5, 0.6) is 0 Å². The second-order valence-electron chi connectivity index (χ2n) is 5.49. The van der Waals surface area contributed by atoms with E-state index in [-0.39, 0.29) is 12.3 Å². The first-order valence-electron chi connectivity index (χ1n) is 7.38. The smallest absolute Gasteiger partial charge is 0.326 e. The summed E-state index contributed by atoms with van der Waals surface area (Å²) in [5.41, 5.74) is 8.08. The normalized spacial score (nSPS) is 17.4. The molecule has 3 N–H and O–H groups in total. The van der Waals surface area contributed by atoms with Crippen LogP contribution in [0, 0.1) is 0 Å². The van der Waals surface area contributed by atoms with Gasteiger partial charge in [-0.05, 0) is 25.0 Å². The third-order valence-electron chi connectivity index (χ3n) is 3.93. The number of para-hydroxylation sites is 1. The van der Waals surface area contributed by atoms with Crippen LogP contribution < -0.4 is 5.73 Å². The number of hydrogen-bond acceptors (Lipinski definition) is 5. The minimum absolute atomic E-state index is 0.118. The number of likely N-dealkylation sites (tertiary alicyclic amines) is 1. The van der Waals surface area contributed by atoms with E-state index in [0.29, 0.717) is 24.3 Å². The predicted octanol–water partition coefficient (Wildman–Crippen LogP) is 2.01. The molecule has 120 valence electrons. The number of carboxylic acid groups (broad SMARTS) is 1. The van der Waals surface area contributed by atoms with Crippen LogP contribution in [-0.2, 0) is 16.0 Å². The molecule has 6 nitrogen and oxygen atoms in total. The first-order valence-corrected chi connectivity index (χ1v) is 8.26. The maximum absolute atomic E-state index is 12.3. The number of aromatic nitrogens is 1. The molecule has 0 radical (unpaired) electrons. The quantitative estimate of drug-likeness (QED) is 0.835. The molecule has 0 saturated carbocycles. The standard InChI is InChI=1S/C16H17N3O3S/c17-12-5-2-1-4-11(12)15-18-10(9-23-15)8-14(20)19-7-3-6-13(19)16(21)22/h1-2,4-5,9,13H,3,6-8,17H2,(H,21,22). The van der Waals surface area contributed by atoms with Crippen molar-refractivity contribution in [1.29, 1.82) is 0 Å². The Morgan fingerprint density at radius 3 is 2.91 bits per heavy atom. The van der Waals surface area contributed by atoms with Gasteiger partial charge in [0.05, 0.1) is 12.1 Å². The zero-order valence-electron chi connectivity index (χ0n) is 12.4. The Morgan fingerprint density at radius 1 is 1.39 bits per heavy atom. The lowest BCUT2D eigenvalue weighted by Gasteiger charge is -2.20. The fourth-order valence-corrected chi connectivity index (χ4v) is 3.65. The van der Waals surface area contributed by atoms with Crippen LogP contribution in [0.15, 0.2) is 29.6 Å². The minimum atomic E-state index is -0.938. The van der Waals surface area contributed by atoms with Crippen LogP contribution in [0.2, 0.25) is 0 Å². The Balaban J connectivity index is 1.73. The van der Waals surface area contributed by atoms with Crippen LogP contribution in [0.25, 0.3) is 10.6 Å². The SMILES string of the molecule is Nc1ccccc1-c1nc(CC(=O)N2CCCC2C(=O)O)cs1. The predicted molar refractivity (Wildman–Crippen MR) is 88.0 cm³/mol. The molecule has 2 heterocycles. The van der Waals surface area contributed by atoms with Crippen molar-refractivity contribution in [2.75, 3.05) is 12.3 Å². The van der Waals surface area contributed by atoms with Crippen LogP contribution in [0.4, 0.5) is 5.69 Å². The van der Waals surface area contributed by atoms with Gasteiger partial charge in [0.15, 0.2) is 0 Å². The summed E-state index contributed by atoms with van der Waals surface area (Å²) in [5, 5.41) is 11.8. The van der Waals surface area contributed by atoms with Crippen LogP contribution in [-0.4, -0.2) is 39.5 Å². The summed E-state index contributed by atoms with van der Waals surface area (Å²) < 4.78 is 0. The van der Waals surface area contributed by atoms with Crippen molar-refractivity contribution < 1.29 is 14.7 Å². The Bertz CT molecular complexity index is 744. The number of amides is 1. The highest BCUT2D eigenvalue weighted by Gasteiger charge is 2.33. The lowest BCUT2D eigenvalue weighted by molar-refractivity contribution is -0.148. The van der Waals surface area contributed by atoms with Crippen molar-refractivity contribution in [1.82, 2.24) is 9.88 Å². The van der Waals surface area contributed by atoms with Crippen molar-refractivity contribution in [3.63, 3.8) is 0 Å². The number of thiazole rings is 1.